The van der Waals surface area contributed by atoms with Crippen LogP contribution in [0.5, 0.6) is 0 Å². The lowest BCUT2D eigenvalue weighted by Gasteiger charge is -2.26. The summed E-state index contributed by atoms with van der Waals surface area (Å²) in [6.07, 6.45) is 8.00. The first kappa shape index (κ1) is 16.0. The van der Waals surface area contributed by atoms with Gasteiger partial charge in [-0.15, -0.1) is 0 Å². The molecule has 1 unspecified atom stereocenters. The molecule has 0 bridgehead atoms. The van der Waals surface area contributed by atoms with E-state index in [4.69, 9.17) is 0 Å². The highest BCUT2D eigenvalue weighted by molar-refractivity contribution is 5.97. The maximum atomic E-state index is 12.6. The molecule has 1 aromatic carbocycles. The van der Waals surface area contributed by atoms with Crippen molar-refractivity contribution < 1.29 is 9.59 Å². The van der Waals surface area contributed by atoms with Gasteiger partial charge in [-0.1, -0.05) is 37.5 Å². The molecular weight excluding hydrogens is 288 g/mol. The summed E-state index contributed by atoms with van der Waals surface area (Å²) in [6.45, 7) is 1.44. The summed E-state index contributed by atoms with van der Waals surface area (Å²) < 4.78 is 0. The van der Waals surface area contributed by atoms with Crippen molar-refractivity contribution in [3.8, 4) is 0 Å². The predicted octanol–water partition coefficient (Wildman–Crippen LogP) is 2.99. The monoisotopic (exact) mass is 314 g/mol. The fraction of sp³-hybridized carbons (Fsp3) is 0.579. The number of hydrogen-bond acceptors (Lipinski definition) is 2. The quantitative estimate of drug-likeness (QED) is 0.929. The minimum atomic E-state index is -0.300. The van der Waals surface area contributed by atoms with Crippen LogP contribution < -0.4 is 5.32 Å². The Hall–Kier alpha value is -1.84. The number of carbonyl (C=O) groups excluding carboxylic acids is 2. The number of rotatable bonds is 4. The third kappa shape index (κ3) is 3.92. The Kier molecular flexibility index (Phi) is 5.31. The van der Waals surface area contributed by atoms with Gasteiger partial charge in [0.25, 0.3) is 5.91 Å². The molecule has 124 valence electrons. The lowest BCUT2D eigenvalue weighted by atomic mass is 9.89. The van der Waals surface area contributed by atoms with Crippen LogP contribution >= 0.6 is 0 Å². The van der Waals surface area contributed by atoms with Crippen molar-refractivity contribution in [1.82, 2.24) is 10.2 Å². The van der Waals surface area contributed by atoms with Gasteiger partial charge in [-0.2, -0.15) is 0 Å². The zero-order valence-electron chi connectivity index (χ0n) is 13.7. The van der Waals surface area contributed by atoms with Crippen molar-refractivity contribution in [2.24, 2.45) is 5.92 Å². The maximum absolute atomic E-state index is 12.6. The molecule has 3 rings (SSSR count). The first-order chi connectivity index (χ1) is 11.3. The van der Waals surface area contributed by atoms with Crippen LogP contribution in [0.1, 0.15) is 55.3 Å². The minimum absolute atomic E-state index is 0.0253. The predicted molar refractivity (Wildman–Crippen MR) is 90.1 cm³/mol. The molecule has 1 saturated heterocycles. The van der Waals surface area contributed by atoms with Crippen LogP contribution in [-0.2, 0) is 4.79 Å². The highest BCUT2D eigenvalue weighted by atomic mass is 16.2. The van der Waals surface area contributed by atoms with E-state index in [9.17, 15) is 9.59 Å². The summed E-state index contributed by atoms with van der Waals surface area (Å²) >= 11 is 0. The molecule has 1 aromatic rings. The molecule has 2 fully saturated rings. The van der Waals surface area contributed by atoms with Gasteiger partial charge in [0.15, 0.2) is 0 Å². The third-order valence-electron chi connectivity index (χ3n) is 5.13. The van der Waals surface area contributed by atoms with Crippen LogP contribution in [0.25, 0.3) is 0 Å². The van der Waals surface area contributed by atoms with Gasteiger partial charge >= 0.3 is 0 Å². The van der Waals surface area contributed by atoms with Crippen molar-refractivity contribution >= 4 is 11.8 Å². The second-order valence-corrected chi connectivity index (χ2v) is 6.77. The summed E-state index contributed by atoms with van der Waals surface area (Å²) in [5, 5.41) is 3.10. The number of hydrogen-bond donors (Lipinski definition) is 1. The molecule has 1 atom stereocenters. The van der Waals surface area contributed by atoms with Gasteiger partial charge in [-0.3, -0.25) is 9.59 Å². The molecule has 0 radical (unpaired) electrons. The third-order valence-corrected chi connectivity index (χ3v) is 5.13. The molecule has 1 aliphatic carbocycles. The minimum Gasteiger partial charge on any atom is -0.354 e. The summed E-state index contributed by atoms with van der Waals surface area (Å²) in [5.74, 6) is 0.616. The molecule has 23 heavy (non-hydrogen) atoms. The van der Waals surface area contributed by atoms with Gasteiger partial charge in [0.2, 0.25) is 5.91 Å². The molecule has 1 N–H and O–H groups in total. The van der Waals surface area contributed by atoms with E-state index in [1.807, 2.05) is 30.3 Å². The van der Waals surface area contributed by atoms with Crippen LogP contribution in [0.15, 0.2) is 30.3 Å². The van der Waals surface area contributed by atoms with E-state index in [-0.39, 0.29) is 17.9 Å². The van der Waals surface area contributed by atoms with E-state index in [1.54, 1.807) is 4.90 Å². The molecule has 1 heterocycles. The van der Waals surface area contributed by atoms with Crippen LogP contribution in [0, 0.1) is 5.92 Å². The van der Waals surface area contributed by atoms with Crippen LogP contribution in [0.4, 0.5) is 0 Å². The van der Waals surface area contributed by atoms with Crippen molar-refractivity contribution in [2.75, 3.05) is 13.1 Å². The summed E-state index contributed by atoms with van der Waals surface area (Å²) in [4.78, 5) is 26.9. The topological polar surface area (TPSA) is 49.4 Å². The maximum Gasteiger partial charge on any atom is 0.254 e. The Morgan fingerprint density at radius 2 is 1.74 bits per heavy atom. The number of carbonyl (C=O) groups is 2. The Bertz CT molecular complexity index is 538. The molecular formula is C19H26N2O2. The zero-order valence-corrected chi connectivity index (χ0v) is 13.7. The van der Waals surface area contributed by atoms with Crippen LogP contribution in [0.2, 0.25) is 0 Å². The molecule has 0 spiro atoms. The molecule has 4 nitrogen and oxygen atoms in total. The second-order valence-electron chi connectivity index (χ2n) is 6.77. The van der Waals surface area contributed by atoms with Crippen molar-refractivity contribution in [3.63, 3.8) is 0 Å². The fourth-order valence-electron chi connectivity index (χ4n) is 3.78. The Labute approximate surface area is 138 Å². The average Bonchev–Trinajstić information content (AvgIpc) is 3.10. The smallest absolute Gasteiger partial charge is 0.254 e. The van der Waals surface area contributed by atoms with E-state index >= 15 is 0 Å². The molecule has 2 aliphatic rings. The molecule has 1 aliphatic heterocycles. The summed E-state index contributed by atoms with van der Waals surface area (Å²) in [7, 11) is 0. The largest absolute Gasteiger partial charge is 0.354 e. The van der Waals surface area contributed by atoms with Crippen molar-refractivity contribution in [2.45, 2.75) is 51.0 Å². The Balaban J connectivity index is 1.57. The van der Waals surface area contributed by atoms with Gasteiger partial charge in [0.1, 0.15) is 6.04 Å². The van der Waals surface area contributed by atoms with E-state index in [2.05, 4.69) is 5.32 Å². The van der Waals surface area contributed by atoms with Gasteiger partial charge in [0, 0.05) is 18.7 Å². The fourth-order valence-corrected chi connectivity index (χ4v) is 3.78. The van der Waals surface area contributed by atoms with Gasteiger partial charge < -0.3 is 10.2 Å². The molecule has 4 heteroatoms. The molecule has 1 saturated carbocycles. The van der Waals surface area contributed by atoms with Crippen LogP contribution in [-0.4, -0.2) is 35.8 Å². The zero-order chi connectivity index (χ0) is 16.1. The van der Waals surface area contributed by atoms with E-state index in [0.717, 1.165) is 19.4 Å². The highest BCUT2D eigenvalue weighted by Gasteiger charge is 2.34. The normalized spacial score (nSPS) is 22.1. The van der Waals surface area contributed by atoms with E-state index < -0.39 is 0 Å². The van der Waals surface area contributed by atoms with E-state index in [0.29, 0.717) is 18.0 Å². The first-order valence-electron chi connectivity index (χ1n) is 8.89. The first-order valence-corrected chi connectivity index (χ1v) is 8.89. The lowest BCUT2D eigenvalue weighted by Crippen LogP contribution is -2.47. The van der Waals surface area contributed by atoms with Crippen molar-refractivity contribution in [3.05, 3.63) is 35.9 Å². The summed E-state index contributed by atoms with van der Waals surface area (Å²) in [6, 6.07) is 8.96. The van der Waals surface area contributed by atoms with Crippen molar-refractivity contribution in [1.29, 1.82) is 0 Å². The molecule has 0 aromatic heterocycles. The van der Waals surface area contributed by atoms with Crippen LogP contribution in [0.3, 0.4) is 0 Å². The number of likely N-dealkylation sites (tertiary alicyclic amines) is 1. The molecule has 2 amide bonds. The number of nitrogens with zero attached hydrogens (tertiary/aromatic N) is 1. The highest BCUT2D eigenvalue weighted by Crippen LogP contribution is 2.24. The standard InChI is InChI=1S/C19H26N2O2/c22-18(20-14-15-8-3-1-4-9-15)17-12-7-13-21(17)19(23)16-10-5-2-6-11-16/h2,5-6,10-11,15,17H,1,3-4,7-9,12-14H2,(H,20,22). The van der Waals surface area contributed by atoms with E-state index in [1.165, 1.54) is 32.1 Å². The second kappa shape index (κ2) is 7.62. The number of nitrogens with one attached hydrogen (secondary N) is 1. The number of benzene rings is 1. The number of amides is 2. The van der Waals surface area contributed by atoms with Gasteiger partial charge in [0.05, 0.1) is 0 Å². The van der Waals surface area contributed by atoms with Gasteiger partial charge in [-0.05, 0) is 43.7 Å². The lowest BCUT2D eigenvalue weighted by molar-refractivity contribution is -0.125. The Morgan fingerprint density at radius 3 is 2.48 bits per heavy atom. The SMILES string of the molecule is O=C(NCC1CCCCC1)C1CCCN1C(=O)c1ccccc1. The van der Waals surface area contributed by atoms with Gasteiger partial charge in [-0.25, -0.2) is 0 Å². The average molecular weight is 314 g/mol. The Morgan fingerprint density at radius 1 is 1.00 bits per heavy atom. The summed E-state index contributed by atoms with van der Waals surface area (Å²) in [5.41, 5.74) is 0.666.